The van der Waals surface area contributed by atoms with Gasteiger partial charge in [-0.05, 0) is 48.0 Å². The fourth-order valence-electron chi connectivity index (χ4n) is 3.65. The van der Waals surface area contributed by atoms with E-state index in [1.54, 1.807) is 18.2 Å². The van der Waals surface area contributed by atoms with E-state index in [0.29, 0.717) is 15.6 Å². The Balaban J connectivity index is 1.49. The molecule has 3 aromatic rings. The standard InChI is InChI=1S/C23H15Cl5N4O4/c24-11-6-10(7-12(25)8-11)18-19(23(18,27)28)21(34)30-13-4-5-15(26)14(9-13)20(33)32-16-2-1-3-17(31-16)36-22(29)35/h1-9,18-19H,(H2,29,35)(H,30,34)(H,31,32,33). The van der Waals surface area contributed by atoms with Crippen LogP contribution in [-0.4, -0.2) is 27.2 Å². The largest absolute Gasteiger partial charge is 0.411 e. The SMILES string of the molecule is NC(=O)Oc1cccc(NC(=O)c2cc(NC(=O)C3C(c4cc(Cl)cc(Cl)c4)C3(Cl)Cl)ccc2Cl)n1. The molecule has 1 aliphatic carbocycles. The number of hydrogen-bond acceptors (Lipinski definition) is 5. The Kier molecular flexibility index (Phi) is 7.54. The number of ether oxygens (including phenoxy) is 1. The molecule has 4 rings (SSSR count). The monoisotopic (exact) mass is 586 g/mol. The van der Waals surface area contributed by atoms with Gasteiger partial charge in [0.2, 0.25) is 11.8 Å². The average molecular weight is 589 g/mol. The van der Waals surface area contributed by atoms with Crippen LogP contribution in [-0.2, 0) is 4.79 Å². The van der Waals surface area contributed by atoms with Gasteiger partial charge in [-0.2, -0.15) is 4.98 Å². The lowest BCUT2D eigenvalue weighted by Gasteiger charge is -2.10. The van der Waals surface area contributed by atoms with Crippen LogP contribution in [0.5, 0.6) is 5.88 Å². The molecule has 8 nitrogen and oxygen atoms in total. The molecular weight excluding hydrogens is 574 g/mol. The lowest BCUT2D eigenvalue weighted by Crippen LogP contribution is -2.19. The smallest absolute Gasteiger partial charge is 0.391 e. The van der Waals surface area contributed by atoms with Crippen molar-refractivity contribution in [3.05, 3.63) is 80.8 Å². The summed E-state index contributed by atoms with van der Waals surface area (Å²) in [7, 11) is 0. The summed E-state index contributed by atoms with van der Waals surface area (Å²) in [6, 6.07) is 13.6. The van der Waals surface area contributed by atoms with Crippen LogP contribution in [0.1, 0.15) is 21.8 Å². The molecule has 186 valence electrons. The summed E-state index contributed by atoms with van der Waals surface area (Å²) in [6.07, 6.45) is -1.05. The van der Waals surface area contributed by atoms with Crippen LogP contribution in [0, 0.1) is 5.92 Å². The zero-order valence-corrected chi connectivity index (χ0v) is 21.7. The van der Waals surface area contributed by atoms with E-state index < -0.39 is 34.1 Å². The second-order valence-electron chi connectivity index (χ2n) is 7.75. The van der Waals surface area contributed by atoms with Crippen LogP contribution >= 0.6 is 58.0 Å². The number of amides is 3. The van der Waals surface area contributed by atoms with Gasteiger partial charge in [-0.25, -0.2) is 4.79 Å². The van der Waals surface area contributed by atoms with Gasteiger partial charge >= 0.3 is 6.09 Å². The van der Waals surface area contributed by atoms with Crippen molar-refractivity contribution in [1.82, 2.24) is 4.98 Å². The molecule has 4 N–H and O–H groups in total. The van der Waals surface area contributed by atoms with E-state index in [1.807, 2.05) is 0 Å². The van der Waals surface area contributed by atoms with E-state index in [2.05, 4.69) is 15.6 Å². The molecule has 0 bridgehead atoms. The summed E-state index contributed by atoms with van der Waals surface area (Å²) in [5, 5.41) is 6.14. The fraction of sp³-hybridized carbons (Fsp3) is 0.130. The molecule has 2 unspecified atom stereocenters. The Labute approximate surface area is 230 Å². The molecule has 13 heteroatoms. The number of pyridine rings is 1. The number of rotatable bonds is 6. The van der Waals surface area contributed by atoms with E-state index >= 15 is 0 Å². The predicted octanol–water partition coefficient (Wildman–Crippen LogP) is 6.28. The number of nitrogens with two attached hydrogens (primary N) is 1. The first-order chi connectivity index (χ1) is 17.0. The molecule has 2 aromatic carbocycles. The summed E-state index contributed by atoms with van der Waals surface area (Å²) < 4.78 is 3.33. The van der Waals surface area contributed by atoms with Crippen LogP contribution in [0.15, 0.2) is 54.6 Å². The van der Waals surface area contributed by atoms with Crippen molar-refractivity contribution < 1.29 is 19.1 Å². The Morgan fingerprint density at radius 3 is 2.31 bits per heavy atom. The molecule has 0 aliphatic heterocycles. The maximum Gasteiger partial charge on any atom is 0.411 e. The zero-order valence-electron chi connectivity index (χ0n) is 17.9. The quantitative estimate of drug-likeness (QED) is 0.293. The van der Waals surface area contributed by atoms with Gasteiger partial charge in [-0.1, -0.05) is 40.9 Å². The second kappa shape index (κ2) is 10.3. The first kappa shape index (κ1) is 26.3. The summed E-state index contributed by atoms with van der Waals surface area (Å²) in [4.78, 5) is 40.7. The molecule has 2 atom stereocenters. The van der Waals surface area contributed by atoms with Crippen LogP contribution < -0.4 is 21.1 Å². The fourth-order valence-corrected chi connectivity index (χ4v) is 5.22. The van der Waals surface area contributed by atoms with Gasteiger partial charge in [0, 0.05) is 27.7 Å². The molecular formula is C23H15Cl5N4O4. The number of nitrogens with one attached hydrogen (secondary N) is 2. The molecule has 1 heterocycles. The molecule has 1 aliphatic rings. The zero-order chi connectivity index (χ0) is 26.2. The van der Waals surface area contributed by atoms with E-state index in [-0.39, 0.29) is 28.0 Å². The Morgan fingerprint density at radius 1 is 0.944 bits per heavy atom. The number of halogens is 5. The van der Waals surface area contributed by atoms with Crippen LogP contribution in [0.25, 0.3) is 0 Å². The number of carbonyl (C=O) groups excluding carboxylic acids is 3. The number of primary amides is 1. The third-order valence-corrected chi connectivity index (χ3v) is 6.94. The number of nitrogens with zero attached hydrogens (tertiary/aromatic N) is 1. The van der Waals surface area contributed by atoms with Crippen molar-refractivity contribution in [2.75, 3.05) is 10.6 Å². The van der Waals surface area contributed by atoms with E-state index in [4.69, 9.17) is 68.5 Å². The minimum Gasteiger partial charge on any atom is -0.391 e. The molecule has 1 aromatic heterocycles. The number of hydrogen-bond donors (Lipinski definition) is 3. The Morgan fingerprint density at radius 2 is 1.64 bits per heavy atom. The molecule has 0 saturated heterocycles. The average Bonchev–Trinajstić information content (AvgIpc) is 3.36. The predicted molar refractivity (Wildman–Crippen MR) is 140 cm³/mol. The van der Waals surface area contributed by atoms with Crippen molar-refractivity contribution in [1.29, 1.82) is 0 Å². The normalized spacial score (nSPS) is 17.7. The van der Waals surface area contributed by atoms with Gasteiger partial charge in [-0.3, -0.25) is 9.59 Å². The van der Waals surface area contributed by atoms with Gasteiger partial charge in [0.25, 0.3) is 5.91 Å². The maximum atomic E-state index is 13.0. The summed E-state index contributed by atoms with van der Waals surface area (Å²) in [6.45, 7) is 0. The van der Waals surface area contributed by atoms with Gasteiger partial charge in [0.05, 0.1) is 16.5 Å². The van der Waals surface area contributed by atoms with Gasteiger partial charge in [0.1, 0.15) is 10.2 Å². The molecule has 1 saturated carbocycles. The van der Waals surface area contributed by atoms with Crippen LogP contribution in [0.3, 0.4) is 0 Å². The minimum atomic E-state index is -1.37. The van der Waals surface area contributed by atoms with Crippen LogP contribution in [0.2, 0.25) is 15.1 Å². The molecule has 1 fully saturated rings. The number of aromatic nitrogens is 1. The molecule has 0 radical (unpaired) electrons. The highest BCUT2D eigenvalue weighted by Gasteiger charge is 2.67. The highest BCUT2D eigenvalue weighted by atomic mass is 35.5. The highest BCUT2D eigenvalue weighted by molar-refractivity contribution is 6.53. The molecule has 36 heavy (non-hydrogen) atoms. The van der Waals surface area contributed by atoms with Crippen molar-refractivity contribution in [2.45, 2.75) is 10.3 Å². The van der Waals surface area contributed by atoms with Gasteiger partial charge in [0.15, 0.2) is 0 Å². The van der Waals surface area contributed by atoms with Gasteiger partial charge in [-0.15, -0.1) is 23.2 Å². The number of benzene rings is 2. The van der Waals surface area contributed by atoms with E-state index in [0.717, 1.165) is 0 Å². The lowest BCUT2D eigenvalue weighted by atomic mass is 10.1. The van der Waals surface area contributed by atoms with E-state index in [9.17, 15) is 14.4 Å². The molecule has 3 amide bonds. The number of anilines is 2. The van der Waals surface area contributed by atoms with Gasteiger partial charge < -0.3 is 21.1 Å². The summed E-state index contributed by atoms with van der Waals surface area (Å²) >= 11 is 31.1. The summed E-state index contributed by atoms with van der Waals surface area (Å²) in [5.74, 6) is -2.43. The minimum absolute atomic E-state index is 0.0504. The first-order valence-electron chi connectivity index (χ1n) is 10.2. The number of alkyl halides is 2. The first-order valence-corrected chi connectivity index (χ1v) is 12.0. The Hall–Kier alpha value is -2.75. The third-order valence-electron chi connectivity index (χ3n) is 5.23. The lowest BCUT2D eigenvalue weighted by molar-refractivity contribution is -0.117. The highest BCUT2D eigenvalue weighted by Crippen LogP contribution is 2.65. The second-order valence-corrected chi connectivity index (χ2v) is 10.5. The number of carbonyl (C=O) groups is 3. The van der Waals surface area contributed by atoms with Crippen LogP contribution in [0.4, 0.5) is 16.3 Å². The van der Waals surface area contributed by atoms with E-state index in [1.165, 1.54) is 36.4 Å². The van der Waals surface area contributed by atoms with Crippen molar-refractivity contribution >= 4 is 87.4 Å². The molecule has 0 spiro atoms. The summed E-state index contributed by atoms with van der Waals surface area (Å²) in [5.41, 5.74) is 5.94. The van der Waals surface area contributed by atoms with Crippen molar-refractivity contribution in [3.8, 4) is 5.88 Å². The van der Waals surface area contributed by atoms with Crippen molar-refractivity contribution in [2.24, 2.45) is 11.7 Å². The maximum absolute atomic E-state index is 13.0. The van der Waals surface area contributed by atoms with Crippen molar-refractivity contribution in [3.63, 3.8) is 0 Å². The third kappa shape index (κ3) is 5.79. The Bertz CT molecular complexity index is 1360. The topological polar surface area (TPSA) is 123 Å².